The molecule has 10 heavy (non-hydrogen) atoms. The van der Waals surface area contributed by atoms with Crippen molar-refractivity contribution in [1.82, 2.24) is 9.97 Å². The Morgan fingerprint density at radius 1 is 1.50 bits per heavy atom. The highest BCUT2D eigenvalue weighted by atomic mass is 14.9. The number of hydrogen-bond donors (Lipinski definition) is 0. The van der Waals surface area contributed by atoms with E-state index in [4.69, 9.17) is 0 Å². The van der Waals surface area contributed by atoms with Gasteiger partial charge in [-0.1, -0.05) is 12.3 Å². The van der Waals surface area contributed by atoms with Gasteiger partial charge in [0.15, 0.2) is 5.82 Å². The van der Waals surface area contributed by atoms with E-state index in [0.717, 1.165) is 16.3 Å². The molecule has 0 atom stereocenters. The lowest BCUT2D eigenvalue weighted by Gasteiger charge is -1.88. The van der Waals surface area contributed by atoms with Crippen LogP contribution >= 0.6 is 0 Å². The van der Waals surface area contributed by atoms with Crippen LogP contribution in [0, 0.1) is 6.92 Å². The van der Waals surface area contributed by atoms with E-state index in [-0.39, 0.29) is 0 Å². The Bertz CT molecular complexity index is 425. The zero-order valence-corrected chi connectivity index (χ0v) is 5.68. The van der Waals surface area contributed by atoms with Crippen LogP contribution in [-0.4, -0.2) is 9.97 Å². The third-order valence-electron chi connectivity index (χ3n) is 1.47. The van der Waals surface area contributed by atoms with Crippen molar-refractivity contribution in [2.45, 2.75) is 6.92 Å². The van der Waals surface area contributed by atoms with Crippen molar-refractivity contribution in [3.05, 3.63) is 28.7 Å². The van der Waals surface area contributed by atoms with Gasteiger partial charge in [-0.3, -0.25) is 0 Å². The van der Waals surface area contributed by atoms with Gasteiger partial charge in [0.25, 0.3) is 0 Å². The Balaban J connectivity index is 2.74. The zero-order valence-electron chi connectivity index (χ0n) is 5.68. The summed E-state index contributed by atoms with van der Waals surface area (Å²) in [6.45, 7) is 5.54. The maximum atomic E-state index is 4.15. The summed E-state index contributed by atoms with van der Waals surface area (Å²) in [5.74, 6) is 0.696. The predicted octanol–water partition coefficient (Wildman–Crippen LogP) is -0.507. The molecule has 1 aromatic heterocycles. The lowest BCUT2D eigenvalue weighted by atomic mass is 10.4. The zero-order chi connectivity index (χ0) is 7.14. The molecule has 0 radical (unpaired) electrons. The topological polar surface area (TPSA) is 25.8 Å². The van der Waals surface area contributed by atoms with Gasteiger partial charge in [-0.05, 0) is 13.0 Å². The van der Waals surface area contributed by atoms with Gasteiger partial charge < -0.3 is 0 Å². The van der Waals surface area contributed by atoms with Gasteiger partial charge in [-0.15, -0.1) is 0 Å². The molecule has 1 aliphatic carbocycles. The van der Waals surface area contributed by atoms with Gasteiger partial charge in [-0.25, -0.2) is 9.97 Å². The molecule has 1 aromatic rings. The summed E-state index contributed by atoms with van der Waals surface area (Å²) in [7, 11) is 0. The van der Waals surface area contributed by atoms with Crippen LogP contribution in [-0.2, 0) is 0 Å². The van der Waals surface area contributed by atoms with E-state index in [1.807, 2.05) is 6.92 Å². The second-order valence-electron chi connectivity index (χ2n) is 2.22. The molecule has 0 saturated carbocycles. The molecule has 2 heteroatoms. The smallest absolute Gasteiger partial charge is 0.153 e. The third kappa shape index (κ3) is 0.598. The lowest BCUT2D eigenvalue weighted by molar-refractivity contribution is 1.05. The maximum absolute atomic E-state index is 4.15. The third-order valence-corrected chi connectivity index (χ3v) is 1.47. The number of nitrogens with zero attached hydrogens (tertiary/aromatic N) is 2. The highest BCUT2D eigenvalue weighted by Crippen LogP contribution is 1.87. The Labute approximate surface area is 58.3 Å². The number of rotatable bonds is 1. The van der Waals surface area contributed by atoms with Crippen LogP contribution in [0.1, 0.15) is 11.5 Å². The fourth-order valence-electron chi connectivity index (χ4n) is 0.891. The minimum Gasteiger partial charge on any atom is -0.233 e. The number of hydrogen-bond acceptors (Lipinski definition) is 2. The van der Waals surface area contributed by atoms with E-state index >= 15 is 0 Å². The van der Waals surface area contributed by atoms with Gasteiger partial charge in [0.05, 0.1) is 10.9 Å². The number of aromatic nitrogens is 2. The Kier molecular flexibility index (Phi) is 0.837. The van der Waals surface area contributed by atoms with Crippen LogP contribution in [0.4, 0.5) is 0 Å². The van der Waals surface area contributed by atoms with Crippen molar-refractivity contribution in [2.75, 3.05) is 0 Å². The fraction of sp³-hybridized carbons (Fsp3) is 0.125. The van der Waals surface area contributed by atoms with Crippen LogP contribution in [0.5, 0.6) is 0 Å². The highest BCUT2D eigenvalue weighted by Gasteiger charge is 2.03. The molecule has 2 nitrogen and oxygen atoms in total. The van der Waals surface area contributed by atoms with Crippen molar-refractivity contribution < 1.29 is 0 Å². The van der Waals surface area contributed by atoms with E-state index in [1.54, 1.807) is 6.08 Å². The van der Waals surface area contributed by atoms with E-state index in [2.05, 4.69) is 22.3 Å². The van der Waals surface area contributed by atoms with Crippen LogP contribution in [0.2, 0.25) is 0 Å². The molecule has 48 valence electrons. The summed E-state index contributed by atoms with van der Waals surface area (Å²) in [5.41, 5.74) is 4.01. The van der Waals surface area contributed by atoms with Crippen LogP contribution in [0.3, 0.4) is 0 Å². The Morgan fingerprint density at radius 2 is 2.30 bits per heavy atom. The standard InChI is InChI=1S/C8H6N2/c1-3-8-9-5(2)6-4-7(6)10-8/h3H,1H2,2H3. The van der Waals surface area contributed by atoms with Crippen molar-refractivity contribution in [1.29, 1.82) is 0 Å². The van der Waals surface area contributed by atoms with Gasteiger partial charge in [0.1, 0.15) is 5.35 Å². The molecule has 0 spiro atoms. The minimum absolute atomic E-state index is 0.696. The molecule has 0 saturated heterocycles. The van der Waals surface area contributed by atoms with Gasteiger partial charge >= 0.3 is 0 Å². The lowest BCUT2D eigenvalue weighted by Crippen LogP contribution is -2.18. The molecule has 0 unspecified atom stereocenters. The first-order valence-corrected chi connectivity index (χ1v) is 3.09. The molecular weight excluding hydrogens is 124 g/mol. The van der Waals surface area contributed by atoms with Gasteiger partial charge in [-0.2, -0.15) is 0 Å². The summed E-state index contributed by atoms with van der Waals surface area (Å²) in [4.78, 5) is 8.26. The number of aryl methyl sites for hydroxylation is 1. The fourth-order valence-corrected chi connectivity index (χ4v) is 0.891. The predicted molar refractivity (Wildman–Crippen MR) is 38.6 cm³/mol. The molecule has 2 rings (SSSR count). The van der Waals surface area contributed by atoms with E-state index in [1.165, 1.54) is 0 Å². The summed E-state index contributed by atoms with van der Waals surface area (Å²) in [6, 6.07) is 0. The van der Waals surface area contributed by atoms with E-state index in [9.17, 15) is 0 Å². The molecule has 1 heterocycles. The van der Waals surface area contributed by atoms with Gasteiger partial charge in [0, 0.05) is 0 Å². The van der Waals surface area contributed by atoms with Crippen LogP contribution in [0.15, 0.2) is 6.58 Å². The second-order valence-corrected chi connectivity index (χ2v) is 2.22. The minimum atomic E-state index is 0.696. The summed E-state index contributed by atoms with van der Waals surface area (Å²) in [6.07, 6.45) is 1.65. The van der Waals surface area contributed by atoms with Crippen molar-refractivity contribution >= 4 is 11.8 Å². The van der Waals surface area contributed by atoms with Gasteiger partial charge in [0.2, 0.25) is 0 Å². The quantitative estimate of drug-likeness (QED) is 0.519. The monoisotopic (exact) mass is 130 g/mol. The first-order chi connectivity index (χ1) is 4.81. The maximum Gasteiger partial charge on any atom is 0.153 e. The van der Waals surface area contributed by atoms with Crippen molar-refractivity contribution in [2.24, 2.45) is 0 Å². The van der Waals surface area contributed by atoms with Crippen molar-refractivity contribution in [3.63, 3.8) is 0 Å². The average molecular weight is 130 g/mol. The Morgan fingerprint density at radius 3 is 2.90 bits per heavy atom. The molecule has 0 fully saturated rings. The molecule has 0 bridgehead atoms. The Hall–Kier alpha value is -1.40. The molecule has 0 N–H and O–H groups in total. The first-order valence-electron chi connectivity index (χ1n) is 3.09. The largest absolute Gasteiger partial charge is 0.233 e. The molecular formula is C8H6N2. The van der Waals surface area contributed by atoms with Crippen molar-refractivity contribution in [3.8, 4) is 0 Å². The summed E-state index contributed by atoms with van der Waals surface area (Å²) < 4.78 is 0. The molecule has 1 aliphatic rings. The normalized spacial score (nSPS) is 10.9. The van der Waals surface area contributed by atoms with E-state index in [0.29, 0.717) is 5.82 Å². The molecule has 0 amide bonds. The van der Waals surface area contributed by atoms with Crippen LogP contribution in [0.25, 0.3) is 11.8 Å². The second kappa shape index (κ2) is 1.55. The highest BCUT2D eigenvalue weighted by molar-refractivity contribution is 5.42. The van der Waals surface area contributed by atoms with Crippen LogP contribution < -0.4 is 10.6 Å². The molecule has 0 aromatic carbocycles. The average Bonchev–Trinajstić information content (AvgIpc) is 2.66. The summed E-state index contributed by atoms with van der Waals surface area (Å²) in [5, 5.41) is 2.02. The SMILES string of the molecule is C=Cc1nc(C)c2c(n1)=C=2. The number of fused-ring (bicyclic) bond motifs is 1. The molecule has 0 aliphatic heterocycles. The van der Waals surface area contributed by atoms with E-state index < -0.39 is 0 Å². The first kappa shape index (κ1) is 5.39. The summed E-state index contributed by atoms with van der Waals surface area (Å²) >= 11 is 0.